The first-order chi connectivity index (χ1) is 15.8. The number of hydrogen-bond donors (Lipinski definition) is 3. The normalized spacial score (nSPS) is 13.2. The molecule has 3 N–H and O–H groups in total. The largest absolute Gasteiger partial charge is 0.324 e. The number of nitrogens with zero attached hydrogens (tertiary/aromatic N) is 3. The molecule has 6 heteroatoms. The molecule has 3 aromatic carbocycles. The summed E-state index contributed by atoms with van der Waals surface area (Å²) in [6, 6.07) is 28.7. The summed E-state index contributed by atoms with van der Waals surface area (Å²) < 4.78 is 0. The number of fused-ring (bicyclic) bond motifs is 1. The van der Waals surface area contributed by atoms with Crippen LogP contribution in [-0.4, -0.2) is 20.2 Å². The van der Waals surface area contributed by atoms with Crippen LogP contribution in [0.1, 0.15) is 24.5 Å². The third-order valence-electron chi connectivity index (χ3n) is 5.69. The Bertz CT molecular complexity index is 1390. The number of nitrogens with one attached hydrogen (secondary N) is 3. The van der Waals surface area contributed by atoms with Gasteiger partial charge in [-0.1, -0.05) is 54.6 Å². The van der Waals surface area contributed by atoms with Crippen molar-refractivity contribution in [1.82, 2.24) is 20.2 Å². The van der Waals surface area contributed by atoms with Crippen molar-refractivity contribution in [3.05, 3.63) is 90.6 Å². The van der Waals surface area contributed by atoms with Crippen molar-refractivity contribution in [1.29, 1.82) is 0 Å². The fourth-order valence-corrected chi connectivity index (χ4v) is 3.89. The van der Waals surface area contributed by atoms with Gasteiger partial charge in [0.05, 0.1) is 5.52 Å². The minimum atomic E-state index is 0.536. The lowest BCUT2D eigenvalue weighted by atomic mass is 10.1. The molecule has 1 saturated carbocycles. The van der Waals surface area contributed by atoms with Crippen LogP contribution in [0.25, 0.3) is 22.0 Å². The second-order valence-electron chi connectivity index (χ2n) is 8.09. The van der Waals surface area contributed by atoms with Crippen molar-refractivity contribution in [3.8, 4) is 11.1 Å². The van der Waals surface area contributed by atoms with Crippen molar-refractivity contribution < 1.29 is 0 Å². The lowest BCUT2D eigenvalue weighted by molar-refractivity contribution is 0.966. The summed E-state index contributed by atoms with van der Waals surface area (Å²) in [7, 11) is 0. The predicted molar refractivity (Wildman–Crippen MR) is 129 cm³/mol. The molecule has 0 saturated heterocycles. The number of aromatic nitrogens is 4. The highest BCUT2D eigenvalue weighted by atomic mass is 15.2. The molecule has 1 aliphatic carbocycles. The summed E-state index contributed by atoms with van der Waals surface area (Å²) in [5, 5.41) is 15.3. The second kappa shape index (κ2) is 7.81. The van der Waals surface area contributed by atoms with Gasteiger partial charge in [0.1, 0.15) is 5.82 Å². The highest BCUT2D eigenvalue weighted by Gasteiger charge is 2.25. The van der Waals surface area contributed by atoms with Crippen molar-refractivity contribution in [3.63, 3.8) is 0 Å². The first-order valence-corrected chi connectivity index (χ1v) is 10.8. The number of anilines is 4. The molecule has 0 aliphatic heterocycles. The SMILES string of the molecule is c1ccc(-c2cccc(Nc3nc(Nc4cc(C5CC5)[nH]n4)c4ccccc4n3)c2)cc1. The van der Waals surface area contributed by atoms with E-state index < -0.39 is 0 Å². The van der Waals surface area contributed by atoms with Gasteiger partial charge in [-0.15, -0.1) is 0 Å². The van der Waals surface area contributed by atoms with E-state index in [1.54, 1.807) is 0 Å². The Morgan fingerprint density at radius 3 is 2.44 bits per heavy atom. The van der Waals surface area contributed by atoms with Crippen molar-refractivity contribution in [2.24, 2.45) is 0 Å². The lowest BCUT2D eigenvalue weighted by Crippen LogP contribution is -2.02. The van der Waals surface area contributed by atoms with Gasteiger partial charge in [-0.05, 0) is 48.2 Å². The van der Waals surface area contributed by atoms with Gasteiger partial charge in [-0.3, -0.25) is 5.10 Å². The first kappa shape index (κ1) is 18.6. The van der Waals surface area contributed by atoms with Gasteiger partial charge in [-0.25, -0.2) is 4.98 Å². The molecule has 6 rings (SSSR count). The molecular weight excluding hydrogens is 396 g/mol. The average molecular weight is 419 g/mol. The molecule has 0 amide bonds. The quantitative estimate of drug-likeness (QED) is 0.298. The van der Waals surface area contributed by atoms with E-state index in [1.165, 1.54) is 24.1 Å². The highest BCUT2D eigenvalue weighted by molar-refractivity contribution is 5.91. The summed E-state index contributed by atoms with van der Waals surface area (Å²) in [6.07, 6.45) is 2.46. The Morgan fingerprint density at radius 1 is 0.750 bits per heavy atom. The van der Waals surface area contributed by atoms with Crippen LogP contribution < -0.4 is 10.6 Å². The minimum absolute atomic E-state index is 0.536. The molecule has 32 heavy (non-hydrogen) atoms. The number of benzene rings is 3. The van der Waals surface area contributed by atoms with E-state index in [2.05, 4.69) is 51.2 Å². The smallest absolute Gasteiger partial charge is 0.229 e. The van der Waals surface area contributed by atoms with E-state index in [-0.39, 0.29) is 0 Å². The van der Waals surface area contributed by atoms with E-state index in [9.17, 15) is 0 Å². The third-order valence-corrected chi connectivity index (χ3v) is 5.69. The average Bonchev–Trinajstić information content (AvgIpc) is 3.59. The maximum Gasteiger partial charge on any atom is 0.229 e. The first-order valence-electron chi connectivity index (χ1n) is 10.8. The Hall–Kier alpha value is -4.19. The van der Waals surface area contributed by atoms with Crippen molar-refractivity contribution in [2.75, 3.05) is 10.6 Å². The third kappa shape index (κ3) is 3.78. The van der Waals surface area contributed by atoms with Crippen molar-refractivity contribution >= 4 is 34.2 Å². The molecule has 2 heterocycles. The molecule has 2 aromatic heterocycles. The molecular formula is C26H22N6. The molecule has 0 radical (unpaired) electrons. The van der Waals surface area contributed by atoms with Gasteiger partial charge in [0.25, 0.3) is 0 Å². The van der Waals surface area contributed by atoms with Gasteiger partial charge in [0, 0.05) is 28.8 Å². The molecule has 0 atom stereocenters. The van der Waals surface area contributed by atoms with Crippen LogP contribution in [0.4, 0.5) is 23.3 Å². The fraction of sp³-hybridized carbons (Fsp3) is 0.115. The Labute approximate surface area is 185 Å². The number of hydrogen-bond acceptors (Lipinski definition) is 5. The zero-order chi connectivity index (χ0) is 21.3. The topological polar surface area (TPSA) is 78.5 Å². The molecule has 0 bridgehead atoms. The monoisotopic (exact) mass is 418 g/mol. The van der Waals surface area contributed by atoms with Crippen LogP contribution in [0.5, 0.6) is 0 Å². The number of H-pyrrole nitrogens is 1. The summed E-state index contributed by atoms with van der Waals surface area (Å²) in [5.41, 5.74) is 5.29. The summed E-state index contributed by atoms with van der Waals surface area (Å²) in [4.78, 5) is 9.50. The van der Waals surface area contributed by atoms with E-state index in [0.717, 1.165) is 33.8 Å². The predicted octanol–water partition coefficient (Wildman–Crippen LogP) is 6.38. The molecule has 5 aromatic rings. The molecule has 1 aliphatic rings. The molecule has 1 fully saturated rings. The summed E-state index contributed by atoms with van der Waals surface area (Å²) in [6.45, 7) is 0. The van der Waals surface area contributed by atoms with Crippen LogP contribution in [0.15, 0.2) is 84.9 Å². The van der Waals surface area contributed by atoms with Gasteiger partial charge >= 0.3 is 0 Å². The molecule has 0 spiro atoms. The standard InChI is InChI=1S/C26H22N6/c1-2-7-17(8-3-1)19-9-6-10-20(15-19)27-26-28-22-12-5-4-11-21(22)25(30-26)29-24-16-23(31-32-24)18-13-14-18/h1-12,15-16,18H,13-14H2,(H3,27,28,29,30,31,32). The van der Waals surface area contributed by atoms with E-state index >= 15 is 0 Å². The Kier molecular flexibility index (Phi) is 4.53. The minimum Gasteiger partial charge on any atom is -0.324 e. The number of para-hydroxylation sites is 1. The Balaban J connectivity index is 1.33. The van der Waals surface area contributed by atoms with Gasteiger partial charge in [0.15, 0.2) is 5.82 Å². The van der Waals surface area contributed by atoms with Gasteiger partial charge < -0.3 is 10.6 Å². The number of aromatic amines is 1. The van der Waals surface area contributed by atoms with Crippen LogP contribution in [0, 0.1) is 0 Å². The van der Waals surface area contributed by atoms with E-state index in [1.807, 2.05) is 54.6 Å². The van der Waals surface area contributed by atoms with Crippen LogP contribution in [0.2, 0.25) is 0 Å². The zero-order valence-corrected chi connectivity index (χ0v) is 17.4. The van der Waals surface area contributed by atoms with Crippen LogP contribution in [-0.2, 0) is 0 Å². The summed E-state index contributed by atoms with van der Waals surface area (Å²) in [5.74, 6) is 2.66. The summed E-state index contributed by atoms with van der Waals surface area (Å²) >= 11 is 0. The molecule has 156 valence electrons. The fourth-order valence-electron chi connectivity index (χ4n) is 3.89. The maximum atomic E-state index is 4.78. The number of rotatable bonds is 6. The van der Waals surface area contributed by atoms with Crippen molar-refractivity contribution in [2.45, 2.75) is 18.8 Å². The molecule has 6 nitrogen and oxygen atoms in total. The Morgan fingerprint density at radius 2 is 1.56 bits per heavy atom. The highest BCUT2D eigenvalue weighted by Crippen LogP contribution is 2.40. The molecule has 0 unspecified atom stereocenters. The van der Waals surface area contributed by atoms with Crippen LogP contribution >= 0.6 is 0 Å². The zero-order valence-electron chi connectivity index (χ0n) is 17.4. The van der Waals surface area contributed by atoms with E-state index in [4.69, 9.17) is 9.97 Å². The van der Waals surface area contributed by atoms with Crippen LogP contribution in [0.3, 0.4) is 0 Å². The lowest BCUT2D eigenvalue weighted by Gasteiger charge is -2.11. The van der Waals surface area contributed by atoms with Gasteiger partial charge in [0.2, 0.25) is 5.95 Å². The van der Waals surface area contributed by atoms with Gasteiger partial charge in [-0.2, -0.15) is 10.1 Å². The second-order valence-corrected chi connectivity index (χ2v) is 8.09. The van der Waals surface area contributed by atoms with E-state index in [0.29, 0.717) is 11.9 Å². The maximum absolute atomic E-state index is 4.78.